The molecule has 0 saturated carbocycles. The average molecular weight is 457 g/mol. The Morgan fingerprint density at radius 3 is 2.61 bits per heavy atom. The molecule has 160 valence electrons. The minimum absolute atomic E-state index is 0.0664. The normalized spacial score (nSPS) is 12.0. The zero-order chi connectivity index (χ0) is 22.6. The monoisotopic (exact) mass is 456 g/mol. The van der Waals surface area contributed by atoms with Gasteiger partial charge in [0, 0.05) is 5.56 Å². The van der Waals surface area contributed by atoms with Crippen LogP contribution in [0.4, 0.5) is 0 Å². The van der Waals surface area contributed by atoms with E-state index in [-0.39, 0.29) is 29.4 Å². The second-order valence-corrected chi connectivity index (χ2v) is 9.71. The fourth-order valence-corrected chi connectivity index (χ4v) is 4.88. The Morgan fingerprint density at radius 1 is 1.16 bits per heavy atom. The summed E-state index contributed by atoms with van der Waals surface area (Å²) < 4.78 is 31.7. The van der Waals surface area contributed by atoms with E-state index in [2.05, 4.69) is 10.9 Å². The number of fused-ring (bicyclic) bond motifs is 1. The number of hydrogen-bond donors (Lipinski definition) is 0. The number of esters is 1. The van der Waals surface area contributed by atoms with E-state index in [9.17, 15) is 18.0 Å². The minimum atomic E-state index is -3.45. The van der Waals surface area contributed by atoms with Gasteiger partial charge in [-0.3, -0.25) is 4.79 Å². The Labute approximate surface area is 183 Å². The molecule has 1 amide bonds. The molecule has 0 aliphatic carbocycles. The average Bonchev–Trinajstić information content (AvgIpc) is 3.10. The van der Waals surface area contributed by atoms with Crippen LogP contribution in [0.15, 0.2) is 52.4 Å². The number of nitrogens with zero attached hydrogens (tertiary/aromatic N) is 2. The molecule has 0 bridgehead atoms. The van der Waals surface area contributed by atoms with Crippen molar-refractivity contribution in [3.63, 3.8) is 0 Å². The van der Waals surface area contributed by atoms with Crippen molar-refractivity contribution in [2.75, 3.05) is 12.4 Å². The number of carbonyl (C=O) groups excluding carboxylic acids is 2. The van der Waals surface area contributed by atoms with Crippen LogP contribution in [-0.4, -0.2) is 37.2 Å². The van der Waals surface area contributed by atoms with Crippen molar-refractivity contribution in [3.05, 3.63) is 58.4 Å². The third kappa shape index (κ3) is 4.76. The predicted molar refractivity (Wildman–Crippen MR) is 119 cm³/mol. The molecule has 0 atom stereocenters. The van der Waals surface area contributed by atoms with Gasteiger partial charge in [0.15, 0.2) is 14.6 Å². The van der Waals surface area contributed by atoms with Crippen molar-refractivity contribution in [2.24, 2.45) is 4.99 Å². The number of sulfone groups is 1. The van der Waals surface area contributed by atoms with E-state index < -0.39 is 21.7 Å². The van der Waals surface area contributed by atoms with Crippen molar-refractivity contribution >= 4 is 43.3 Å². The fraction of sp³-hybridized carbons (Fsp3) is 0.227. The Hall–Kier alpha value is -3.22. The summed E-state index contributed by atoms with van der Waals surface area (Å²) in [4.78, 5) is 29.4. The Morgan fingerprint density at radius 2 is 1.94 bits per heavy atom. The van der Waals surface area contributed by atoms with E-state index in [0.717, 1.165) is 10.2 Å². The van der Waals surface area contributed by atoms with Crippen LogP contribution in [0.3, 0.4) is 0 Å². The smallest absolute Gasteiger partial charge is 0.338 e. The van der Waals surface area contributed by atoms with Gasteiger partial charge in [-0.25, -0.2) is 13.2 Å². The lowest BCUT2D eigenvalue weighted by Crippen LogP contribution is -2.16. The van der Waals surface area contributed by atoms with Gasteiger partial charge in [-0.05, 0) is 43.3 Å². The third-order valence-corrected chi connectivity index (χ3v) is 7.23. The summed E-state index contributed by atoms with van der Waals surface area (Å²) in [6.45, 7) is 3.71. The van der Waals surface area contributed by atoms with E-state index in [4.69, 9.17) is 11.2 Å². The summed E-state index contributed by atoms with van der Waals surface area (Å²) in [6.07, 6.45) is 5.49. The lowest BCUT2D eigenvalue weighted by Gasteiger charge is -2.03. The molecule has 1 heterocycles. The number of hydrogen-bond acceptors (Lipinski definition) is 6. The highest BCUT2D eigenvalue weighted by molar-refractivity contribution is 7.91. The predicted octanol–water partition coefficient (Wildman–Crippen LogP) is 3.05. The molecule has 3 rings (SSSR count). The molecule has 0 unspecified atom stereocenters. The van der Waals surface area contributed by atoms with Gasteiger partial charge < -0.3 is 9.30 Å². The van der Waals surface area contributed by atoms with Gasteiger partial charge in [0.25, 0.3) is 5.91 Å². The van der Waals surface area contributed by atoms with Crippen LogP contribution in [0.1, 0.15) is 34.6 Å². The number of thiazole rings is 1. The van der Waals surface area contributed by atoms with E-state index in [1.165, 1.54) is 35.6 Å². The number of amides is 1. The molecule has 0 aliphatic heterocycles. The van der Waals surface area contributed by atoms with Gasteiger partial charge in [0.05, 0.1) is 39.6 Å². The molecule has 0 fully saturated rings. The van der Waals surface area contributed by atoms with Gasteiger partial charge >= 0.3 is 5.97 Å². The summed E-state index contributed by atoms with van der Waals surface area (Å²) in [5.41, 5.74) is 1.27. The fourth-order valence-electron chi connectivity index (χ4n) is 2.88. The highest BCUT2D eigenvalue weighted by Gasteiger charge is 2.15. The van der Waals surface area contributed by atoms with E-state index in [1.54, 1.807) is 36.6 Å². The maximum absolute atomic E-state index is 12.8. The first kappa shape index (κ1) is 22.5. The zero-order valence-electron chi connectivity index (χ0n) is 17.0. The number of terminal acetylenes is 1. The topological polar surface area (TPSA) is 94.8 Å². The van der Waals surface area contributed by atoms with Crippen LogP contribution >= 0.6 is 11.3 Å². The Bertz CT molecular complexity index is 1370. The summed E-state index contributed by atoms with van der Waals surface area (Å²) in [5, 5.41) is 0. The number of carbonyl (C=O) groups is 2. The van der Waals surface area contributed by atoms with Crippen LogP contribution in [0.5, 0.6) is 0 Å². The second-order valence-electron chi connectivity index (χ2n) is 6.43. The van der Waals surface area contributed by atoms with Crippen molar-refractivity contribution in [3.8, 4) is 12.3 Å². The van der Waals surface area contributed by atoms with Gasteiger partial charge in [-0.2, -0.15) is 4.99 Å². The first-order valence-electron chi connectivity index (χ1n) is 9.46. The molecule has 0 radical (unpaired) electrons. The largest absolute Gasteiger partial charge is 0.462 e. The van der Waals surface area contributed by atoms with Gasteiger partial charge in [0.1, 0.15) is 0 Å². The number of benzene rings is 2. The molecule has 3 aromatic rings. The molecule has 1 aromatic heterocycles. The van der Waals surface area contributed by atoms with Crippen LogP contribution < -0.4 is 4.80 Å². The molecule has 0 saturated heterocycles. The Balaban J connectivity index is 2.10. The van der Waals surface area contributed by atoms with Gasteiger partial charge in [0.2, 0.25) is 0 Å². The van der Waals surface area contributed by atoms with Crippen molar-refractivity contribution in [1.29, 1.82) is 0 Å². The third-order valence-electron chi connectivity index (χ3n) is 4.46. The lowest BCUT2D eigenvalue weighted by atomic mass is 10.2. The van der Waals surface area contributed by atoms with E-state index in [0.29, 0.717) is 10.4 Å². The Kier molecular flexibility index (Phi) is 6.73. The van der Waals surface area contributed by atoms with Crippen LogP contribution in [0, 0.1) is 12.3 Å². The molecule has 7 nitrogen and oxygen atoms in total. The lowest BCUT2D eigenvalue weighted by molar-refractivity contribution is 0.0526. The maximum Gasteiger partial charge on any atom is 0.338 e. The highest BCUT2D eigenvalue weighted by Crippen LogP contribution is 2.20. The van der Waals surface area contributed by atoms with Crippen molar-refractivity contribution in [2.45, 2.75) is 25.3 Å². The molecule has 0 N–H and O–H groups in total. The maximum atomic E-state index is 12.8. The summed E-state index contributed by atoms with van der Waals surface area (Å²) in [7, 11) is -3.45. The molecular formula is C22H20N2O5S2. The minimum Gasteiger partial charge on any atom is -0.462 e. The summed E-state index contributed by atoms with van der Waals surface area (Å²) in [5.74, 6) is 1.44. The van der Waals surface area contributed by atoms with E-state index >= 15 is 0 Å². The number of ether oxygens (including phenoxy) is 1. The SMILES string of the molecule is C#CCn1c(=NC(=O)c2cccc(S(=O)(=O)CC)c2)sc2cc(C(=O)OCC)ccc21. The highest BCUT2D eigenvalue weighted by atomic mass is 32.2. The molecule has 9 heteroatoms. The molecule has 0 aliphatic rings. The van der Waals surface area contributed by atoms with Crippen LogP contribution in [0.2, 0.25) is 0 Å². The van der Waals surface area contributed by atoms with Gasteiger partial charge in [-0.1, -0.05) is 30.2 Å². The zero-order valence-corrected chi connectivity index (χ0v) is 18.6. The molecular weight excluding hydrogens is 436 g/mol. The molecule has 0 spiro atoms. The standard InChI is InChI=1S/C22H20N2O5S2/c1-4-12-24-18-11-10-16(21(26)29-5-2)14-19(18)30-22(24)23-20(25)15-8-7-9-17(13-15)31(27,28)6-3/h1,7-11,13-14H,5-6,12H2,2-3H3. The van der Waals surface area contributed by atoms with E-state index in [1.807, 2.05) is 0 Å². The summed E-state index contributed by atoms with van der Waals surface area (Å²) in [6, 6.07) is 10.8. The van der Waals surface area contributed by atoms with Gasteiger partial charge in [-0.15, -0.1) is 6.42 Å². The van der Waals surface area contributed by atoms with Crippen molar-refractivity contribution in [1.82, 2.24) is 4.57 Å². The quantitative estimate of drug-likeness (QED) is 0.420. The molecule has 2 aromatic carbocycles. The van der Waals surface area contributed by atoms with Crippen LogP contribution in [-0.2, 0) is 21.1 Å². The number of rotatable bonds is 6. The summed E-state index contributed by atoms with van der Waals surface area (Å²) >= 11 is 1.20. The van der Waals surface area contributed by atoms with Crippen LogP contribution in [0.25, 0.3) is 10.2 Å². The first-order chi connectivity index (χ1) is 14.8. The van der Waals surface area contributed by atoms with Crippen molar-refractivity contribution < 1.29 is 22.7 Å². The second kappa shape index (κ2) is 9.29. The molecule has 31 heavy (non-hydrogen) atoms. The first-order valence-corrected chi connectivity index (χ1v) is 11.9. The number of aromatic nitrogens is 1.